The monoisotopic (exact) mass is 471 g/mol. The highest BCUT2D eigenvalue weighted by molar-refractivity contribution is 7.99. The van der Waals surface area contributed by atoms with Crippen LogP contribution in [-0.4, -0.2) is 16.8 Å². The lowest BCUT2D eigenvalue weighted by Crippen LogP contribution is -2.16. The van der Waals surface area contributed by atoms with E-state index < -0.39 is 23.6 Å². The fraction of sp³-hybridized carbons (Fsp3) is 0.269. The molecule has 0 saturated heterocycles. The summed E-state index contributed by atoms with van der Waals surface area (Å²) in [5.41, 5.74) is 1.37. The van der Waals surface area contributed by atoms with Crippen molar-refractivity contribution in [3.63, 3.8) is 0 Å². The van der Waals surface area contributed by atoms with Crippen LogP contribution in [0, 0.1) is 0 Å². The average molecular weight is 472 g/mol. The summed E-state index contributed by atoms with van der Waals surface area (Å²) < 4.78 is 51.5. The van der Waals surface area contributed by atoms with Crippen molar-refractivity contribution in [1.29, 1.82) is 0 Å². The third-order valence-corrected chi connectivity index (χ3v) is 6.44. The number of esters is 1. The number of carbonyl (C=O) groups is 1. The molecule has 0 amide bonds. The van der Waals surface area contributed by atoms with Crippen LogP contribution in [0.3, 0.4) is 0 Å². The Bertz CT molecular complexity index is 1340. The van der Waals surface area contributed by atoms with E-state index in [-0.39, 0.29) is 16.7 Å². The van der Waals surface area contributed by atoms with E-state index in [2.05, 4.69) is 0 Å². The van der Waals surface area contributed by atoms with Crippen molar-refractivity contribution in [2.45, 2.75) is 44.3 Å². The Morgan fingerprint density at radius 3 is 2.27 bits per heavy atom. The number of halogens is 3. The van der Waals surface area contributed by atoms with Crippen LogP contribution in [0.25, 0.3) is 21.8 Å². The summed E-state index contributed by atoms with van der Waals surface area (Å²) in [6.45, 7) is 4.98. The van der Waals surface area contributed by atoms with Gasteiger partial charge in [0.15, 0.2) is 5.75 Å². The van der Waals surface area contributed by atoms with Gasteiger partial charge in [-0.3, -0.25) is 4.79 Å². The number of hydrogen-bond acceptors (Lipinski definition) is 3. The number of thioether (sulfide) groups is 1. The number of nitrogens with zero attached hydrogens (tertiary/aromatic N) is 1. The Hall–Kier alpha value is -2.93. The molecule has 1 aromatic heterocycles. The van der Waals surface area contributed by atoms with Gasteiger partial charge < -0.3 is 9.30 Å². The van der Waals surface area contributed by atoms with Crippen molar-refractivity contribution in [3.05, 3.63) is 71.3 Å². The van der Waals surface area contributed by atoms with Crippen LogP contribution in [0.4, 0.5) is 13.2 Å². The second-order valence-electron chi connectivity index (χ2n) is 8.21. The zero-order valence-corrected chi connectivity index (χ0v) is 19.6. The predicted octanol–water partition coefficient (Wildman–Crippen LogP) is 7.63. The third kappa shape index (κ3) is 4.10. The lowest BCUT2D eigenvalue weighted by Gasteiger charge is -2.24. The molecule has 3 aromatic carbocycles. The highest BCUT2D eigenvalue weighted by Crippen LogP contribution is 2.52. The second-order valence-corrected chi connectivity index (χ2v) is 9.03. The molecule has 0 aliphatic rings. The van der Waals surface area contributed by atoms with Gasteiger partial charge in [-0.15, -0.1) is 11.8 Å². The highest BCUT2D eigenvalue weighted by Gasteiger charge is 2.41. The molecule has 33 heavy (non-hydrogen) atoms. The number of benzene rings is 3. The van der Waals surface area contributed by atoms with Gasteiger partial charge in [0.1, 0.15) is 0 Å². The summed E-state index contributed by atoms with van der Waals surface area (Å²) in [5.74, 6) is -1.16. The average Bonchev–Trinajstić information content (AvgIpc) is 3.06. The largest absolute Gasteiger partial charge is 0.425 e. The minimum atomic E-state index is -4.63. The SMILES string of the molecule is CSc1c(OC(C)=O)c(C(C)C)c(C(F)(F)F)c2c3ccccc3n(Cc3ccccc3)c12. The Morgan fingerprint density at radius 2 is 1.70 bits per heavy atom. The summed E-state index contributed by atoms with van der Waals surface area (Å²) in [6.07, 6.45) is -2.84. The summed E-state index contributed by atoms with van der Waals surface area (Å²) >= 11 is 1.29. The van der Waals surface area contributed by atoms with E-state index in [4.69, 9.17) is 4.74 Å². The number of aromatic nitrogens is 1. The van der Waals surface area contributed by atoms with Gasteiger partial charge in [0.2, 0.25) is 0 Å². The van der Waals surface area contributed by atoms with Crippen molar-refractivity contribution >= 4 is 39.5 Å². The quantitative estimate of drug-likeness (QED) is 0.170. The number of fused-ring (bicyclic) bond motifs is 3. The van der Waals surface area contributed by atoms with Crippen molar-refractivity contribution in [3.8, 4) is 5.75 Å². The van der Waals surface area contributed by atoms with Gasteiger partial charge in [0.25, 0.3) is 0 Å². The molecule has 7 heteroatoms. The molecule has 0 spiro atoms. The van der Waals surface area contributed by atoms with Crippen LogP contribution in [0.15, 0.2) is 59.5 Å². The summed E-state index contributed by atoms with van der Waals surface area (Å²) in [4.78, 5) is 12.5. The van der Waals surface area contributed by atoms with E-state index in [1.54, 1.807) is 32.2 Å². The zero-order valence-electron chi connectivity index (χ0n) is 18.8. The standard InChI is InChI=1S/C26H24F3NO2S/c1-15(2)20-22(26(27,28)29)21-18-12-8-9-13-19(18)30(14-17-10-6-5-7-11-17)23(21)25(33-4)24(20)32-16(3)31/h5-13,15H,14H2,1-4H3. The first-order valence-corrected chi connectivity index (χ1v) is 11.8. The van der Waals surface area contributed by atoms with E-state index in [0.29, 0.717) is 27.9 Å². The molecular formula is C26H24F3NO2S. The van der Waals surface area contributed by atoms with E-state index in [0.717, 1.165) is 5.56 Å². The van der Waals surface area contributed by atoms with Gasteiger partial charge in [-0.05, 0) is 23.8 Å². The molecule has 0 saturated carbocycles. The van der Waals surface area contributed by atoms with Crippen LogP contribution in [0.1, 0.15) is 43.4 Å². The van der Waals surface area contributed by atoms with Gasteiger partial charge in [0.05, 0.1) is 16.0 Å². The van der Waals surface area contributed by atoms with Crippen LogP contribution in [0.5, 0.6) is 5.75 Å². The normalized spacial score (nSPS) is 12.1. The third-order valence-electron chi connectivity index (χ3n) is 5.65. The number of hydrogen-bond donors (Lipinski definition) is 0. The minimum absolute atomic E-state index is 0.00180. The Balaban J connectivity index is 2.27. The summed E-state index contributed by atoms with van der Waals surface area (Å²) in [5, 5.41) is 0.681. The van der Waals surface area contributed by atoms with E-state index in [1.807, 2.05) is 47.0 Å². The van der Waals surface area contributed by atoms with Crippen LogP contribution >= 0.6 is 11.8 Å². The smallest absolute Gasteiger partial charge is 0.417 e. The van der Waals surface area contributed by atoms with Gasteiger partial charge in [0, 0.05) is 35.3 Å². The number of alkyl halides is 3. The van der Waals surface area contributed by atoms with Gasteiger partial charge in [-0.25, -0.2) is 0 Å². The molecule has 0 fully saturated rings. The molecule has 1 heterocycles. The number of rotatable bonds is 5. The van der Waals surface area contributed by atoms with Gasteiger partial charge >= 0.3 is 12.1 Å². The van der Waals surface area contributed by atoms with Crippen molar-refractivity contribution in [2.24, 2.45) is 0 Å². The molecule has 0 aliphatic carbocycles. The lowest BCUT2D eigenvalue weighted by atomic mass is 9.91. The summed E-state index contributed by atoms with van der Waals surface area (Å²) in [7, 11) is 0. The van der Waals surface area contributed by atoms with Crippen LogP contribution < -0.4 is 4.74 Å². The second kappa shape index (κ2) is 8.78. The van der Waals surface area contributed by atoms with E-state index in [1.165, 1.54) is 18.7 Å². The lowest BCUT2D eigenvalue weighted by molar-refractivity contribution is -0.138. The maximum absolute atomic E-state index is 14.7. The molecule has 0 bridgehead atoms. The Labute approximate surface area is 194 Å². The maximum Gasteiger partial charge on any atom is 0.417 e. The van der Waals surface area contributed by atoms with Crippen LogP contribution in [0.2, 0.25) is 0 Å². The van der Waals surface area contributed by atoms with Crippen LogP contribution in [-0.2, 0) is 17.5 Å². The predicted molar refractivity (Wildman–Crippen MR) is 127 cm³/mol. The molecule has 172 valence electrons. The van der Waals surface area contributed by atoms with E-state index in [9.17, 15) is 18.0 Å². The Kier molecular flexibility index (Phi) is 6.18. The fourth-order valence-corrected chi connectivity index (χ4v) is 5.22. The molecule has 0 radical (unpaired) electrons. The highest BCUT2D eigenvalue weighted by atomic mass is 32.2. The van der Waals surface area contributed by atoms with Crippen molar-refractivity contribution < 1.29 is 22.7 Å². The van der Waals surface area contributed by atoms with E-state index >= 15 is 0 Å². The topological polar surface area (TPSA) is 31.2 Å². The molecule has 0 unspecified atom stereocenters. The first-order valence-electron chi connectivity index (χ1n) is 10.6. The fourth-order valence-electron chi connectivity index (χ4n) is 4.48. The number of ether oxygens (including phenoxy) is 1. The Morgan fingerprint density at radius 1 is 1.06 bits per heavy atom. The number of carbonyl (C=O) groups excluding carboxylic acids is 1. The first kappa shape index (κ1) is 23.2. The molecular weight excluding hydrogens is 447 g/mol. The van der Waals surface area contributed by atoms with Crippen molar-refractivity contribution in [1.82, 2.24) is 4.57 Å². The number of para-hydroxylation sites is 1. The molecule has 4 rings (SSSR count). The van der Waals surface area contributed by atoms with Crippen molar-refractivity contribution in [2.75, 3.05) is 6.26 Å². The first-order chi connectivity index (χ1) is 15.6. The maximum atomic E-state index is 14.7. The minimum Gasteiger partial charge on any atom is -0.425 e. The molecule has 0 N–H and O–H groups in total. The van der Waals surface area contributed by atoms with Gasteiger partial charge in [-0.1, -0.05) is 62.4 Å². The zero-order chi connectivity index (χ0) is 23.9. The molecule has 0 atom stereocenters. The van der Waals surface area contributed by atoms with Gasteiger partial charge in [-0.2, -0.15) is 13.2 Å². The molecule has 4 aromatic rings. The molecule has 3 nitrogen and oxygen atoms in total. The summed E-state index contributed by atoms with van der Waals surface area (Å²) in [6, 6.07) is 16.7. The molecule has 0 aliphatic heterocycles.